The Labute approximate surface area is 333 Å². The minimum atomic E-state index is -4.37. The van der Waals surface area contributed by atoms with Crippen LogP contribution in [0, 0.1) is 0 Å². The maximum atomic E-state index is 12.6. The van der Waals surface area contributed by atoms with Gasteiger partial charge in [0, 0.05) is 12.8 Å². The lowest BCUT2D eigenvalue weighted by Gasteiger charge is -2.24. The molecule has 0 saturated heterocycles. The van der Waals surface area contributed by atoms with Crippen LogP contribution in [0.2, 0.25) is 0 Å². The Morgan fingerprint density at radius 2 is 0.944 bits per heavy atom. The highest BCUT2D eigenvalue weighted by atomic mass is 31.2. The maximum absolute atomic E-state index is 12.6. The van der Waals surface area contributed by atoms with Crippen molar-refractivity contribution in [2.45, 2.75) is 213 Å². The highest BCUT2D eigenvalue weighted by Gasteiger charge is 2.27. The highest BCUT2D eigenvalue weighted by Crippen LogP contribution is 2.43. The van der Waals surface area contributed by atoms with Crippen LogP contribution in [0.3, 0.4) is 0 Å². The fourth-order valence-electron chi connectivity index (χ4n) is 6.24. The van der Waals surface area contributed by atoms with Gasteiger partial charge in [0.25, 0.3) is 0 Å². The Morgan fingerprint density at radius 1 is 0.556 bits per heavy atom. The van der Waals surface area contributed by atoms with Crippen LogP contribution in [-0.2, 0) is 32.7 Å². The van der Waals surface area contributed by atoms with Crippen molar-refractivity contribution in [3.05, 3.63) is 12.2 Å². The van der Waals surface area contributed by atoms with Gasteiger partial charge in [-0.1, -0.05) is 167 Å². The van der Waals surface area contributed by atoms with Crippen LogP contribution in [0.5, 0.6) is 0 Å². The number of likely N-dealkylation sites (N-methyl/N-ethyl adjacent to an activating group) is 1. The number of hydrogen-bond donors (Lipinski definition) is 1. The van der Waals surface area contributed by atoms with E-state index >= 15 is 0 Å². The van der Waals surface area contributed by atoms with Crippen molar-refractivity contribution in [3.8, 4) is 0 Å². The second kappa shape index (κ2) is 37.3. The quantitative estimate of drug-likeness (QED) is 0.0214. The molecule has 0 aliphatic rings. The van der Waals surface area contributed by atoms with Gasteiger partial charge >= 0.3 is 19.8 Å². The number of carbonyl (C=O) groups excluding carboxylic acids is 2. The van der Waals surface area contributed by atoms with Gasteiger partial charge in [0.2, 0.25) is 0 Å². The average Bonchev–Trinajstić information content (AvgIpc) is 3.12. The first-order valence-electron chi connectivity index (χ1n) is 22.4. The molecular weight excluding hydrogens is 701 g/mol. The van der Waals surface area contributed by atoms with Crippen LogP contribution in [0.1, 0.15) is 206 Å². The Kier molecular flexibility index (Phi) is 36.5. The number of carbonyl (C=O) groups is 2. The number of esters is 2. The van der Waals surface area contributed by atoms with Crippen LogP contribution in [0.4, 0.5) is 0 Å². The van der Waals surface area contributed by atoms with E-state index in [-0.39, 0.29) is 25.6 Å². The number of phosphoric acid groups is 1. The number of ether oxygens (including phenoxy) is 2. The minimum absolute atomic E-state index is 0.0346. The summed E-state index contributed by atoms with van der Waals surface area (Å²) < 4.78 is 34.3. The molecule has 0 bridgehead atoms. The monoisotopic (exact) mass is 789 g/mol. The van der Waals surface area contributed by atoms with Gasteiger partial charge < -0.3 is 18.9 Å². The van der Waals surface area contributed by atoms with E-state index in [2.05, 4.69) is 26.0 Å². The first-order chi connectivity index (χ1) is 26.0. The third-order valence-electron chi connectivity index (χ3n) is 9.80. The molecule has 0 heterocycles. The van der Waals surface area contributed by atoms with E-state index in [0.29, 0.717) is 23.9 Å². The molecule has 0 fully saturated rings. The van der Waals surface area contributed by atoms with E-state index < -0.39 is 26.5 Å². The van der Waals surface area contributed by atoms with Crippen molar-refractivity contribution in [2.75, 3.05) is 47.5 Å². The van der Waals surface area contributed by atoms with E-state index in [1.807, 2.05) is 21.1 Å². The second-order valence-electron chi connectivity index (χ2n) is 16.4. The fraction of sp³-hybridized carbons (Fsp3) is 0.909. The van der Waals surface area contributed by atoms with Crippen LogP contribution in [0.25, 0.3) is 0 Å². The summed E-state index contributed by atoms with van der Waals surface area (Å²) in [6, 6.07) is 0. The zero-order valence-corrected chi connectivity index (χ0v) is 36.9. The Hall–Kier alpha value is -1.25. The molecule has 0 amide bonds. The van der Waals surface area contributed by atoms with Gasteiger partial charge in [-0.15, -0.1) is 0 Å². The van der Waals surface area contributed by atoms with Crippen molar-refractivity contribution in [3.63, 3.8) is 0 Å². The summed E-state index contributed by atoms with van der Waals surface area (Å²) >= 11 is 0. The average molecular weight is 789 g/mol. The molecular formula is C44H87NO8P+. The molecule has 0 spiro atoms. The van der Waals surface area contributed by atoms with Gasteiger partial charge in [-0.3, -0.25) is 18.6 Å². The Balaban J connectivity index is 4.26. The van der Waals surface area contributed by atoms with E-state index in [1.165, 1.54) is 141 Å². The molecule has 0 radical (unpaired) electrons. The molecule has 0 rings (SSSR count). The molecule has 0 aromatic rings. The van der Waals surface area contributed by atoms with E-state index in [9.17, 15) is 19.0 Å². The first kappa shape index (κ1) is 52.8. The van der Waals surface area contributed by atoms with E-state index in [0.717, 1.165) is 32.1 Å². The molecule has 54 heavy (non-hydrogen) atoms. The number of rotatable bonds is 41. The first-order valence-corrected chi connectivity index (χ1v) is 23.9. The van der Waals surface area contributed by atoms with Crippen molar-refractivity contribution < 1.29 is 42.1 Å². The van der Waals surface area contributed by atoms with Crippen molar-refractivity contribution >= 4 is 19.8 Å². The summed E-state index contributed by atoms with van der Waals surface area (Å²) in [6.45, 7) is 4.43. The SMILES string of the molecule is CCCCCCCC/C=C\CCCCCCCCCCCC(=O)OC[C@H](COP(=O)(O)OCC[N+](C)(C)C)OC(=O)CCCCCCCCCCCCC. The van der Waals surface area contributed by atoms with Crippen LogP contribution < -0.4 is 0 Å². The lowest BCUT2D eigenvalue weighted by atomic mass is 10.1. The fourth-order valence-corrected chi connectivity index (χ4v) is 6.99. The smallest absolute Gasteiger partial charge is 0.462 e. The number of quaternary nitrogens is 1. The standard InChI is InChI=1S/C44H86NO8P/c1-6-8-10-12-14-16-18-19-20-21-22-23-24-25-27-28-30-32-34-36-43(46)50-40-42(41-52-54(48,49)51-39-38-45(3,4)5)53-44(47)37-35-33-31-29-26-17-15-13-11-9-7-2/h19-20,42H,6-18,21-41H2,1-5H3/p+1/b20-19-/t42-/m1/s1. The molecule has 0 aromatic heterocycles. The summed E-state index contributed by atoms with van der Waals surface area (Å²) in [4.78, 5) is 35.3. The lowest BCUT2D eigenvalue weighted by Crippen LogP contribution is -2.37. The molecule has 1 unspecified atom stereocenters. The highest BCUT2D eigenvalue weighted by molar-refractivity contribution is 7.47. The molecule has 10 heteroatoms. The number of nitrogens with zero attached hydrogens (tertiary/aromatic N) is 1. The second-order valence-corrected chi connectivity index (χ2v) is 17.9. The molecule has 320 valence electrons. The number of allylic oxidation sites excluding steroid dienone is 2. The van der Waals surface area contributed by atoms with Crippen molar-refractivity contribution in [1.29, 1.82) is 0 Å². The topological polar surface area (TPSA) is 108 Å². The molecule has 0 aromatic carbocycles. The van der Waals surface area contributed by atoms with Crippen LogP contribution in [0.15, 0.2) is 12.2 Å². The lowest BCUT2D eigenvalue weighted by molar-refractivity contribution is -0.870. The molecule has 0 aliphatic carbocycles. The molecule has 2 atom stereocenters. The summed E-state index contributed by atoms with van der Waals surface area (Å²) in [7, 11) is 1.48. The van der Waals surface area contributed by atoms with Gasteiger partial charge in [0.1, 0.15) is 19.8 Å². The number of unbranched alkanes of at least 4 members (excludes halogenated alkanes) is 25. The molecule has 0 aliphatic heterocycles. The van der Waals surface area contributed by atoms with Gasteiger partial charge in [-0.25, -0.2) is 4.57 Å². The van der Waals surface area contributed by atoms with Gasteiger partial charge in [-0.2, -0.15) is 0 Å². The Bertz CT molecular complexity index is 938. The predicted molar refractivity (Wildman–Crippen MR) is 224 cm³/mol. The maximum Gasteiger partial charge on any atom is 0.472 e. The molecule has 9 nitrogen and oxygen atoms in total. The van der Waals surface area contributed by atoms with Gasteiger partial charge in [0.05, 0.1) is 27.7 Å². The van der Waals surface area contributed by atoms with Crippen molar-refractivity contribution in [2.24, 2.45) is 0 Å². The summed E-state index contributed by atoms with van der Waals surface area (Å²) in [5, 5.41) is 0. The van der Waals surface area contributed by atoms with Crippen molar-refractivity contribution in [1.82, 2.24) is 0 Å². The van der Waals surface area contributed by atoms with Crippen LogP contribution >= 0.6 is 7.82 Å². The predicted octanol–water partition coefficient (Wildman–Crippen LogP) is 12.6. The zero-order valence-electron chi connectivity index (χ0n) is 36.0. The number of hydrogen-bond acceptors (Lipinski definition) is 7. The van der Waals surface area contributed by atoms with E-state index in [4.69, 9.17) is 18.5 Å². The normalized spacial score (nSPS) is 13.7. The third-order valence-corrected chi connectivity index (χ3v) is 10.8. The van der Waals surface area contributed by atoms with Gasteiger partial charge in [-0.05, 0) is 38.5 Å². The largest absolute Gasteiger partial charge is 0.472 e. The van der Waals surface area contributed by atoms with E-state index in [1.54, 1.807) is 0 Å². The summed E-state index contributed by atoms with van der Waals surface area (Å²) in [5.41, 5.74) is 0. The van der Waals surface area contributed by atoms with Gasteiger partial charge in [0.15, 0.2) is 6.10 Å². The summed E-state index contributed by atoms with van der Waals surface area (Å²) in [6.07, 6.45) is 38.3. The zero-order chi connectivity index (χ0) is 40.0. The summed E-state index contributed by atoms with van der Waals surface area (Å²) in [5.74, 6) is -0.793. The third kappa shape index (κ3) is 40.4. The molecule has 0 saturated carbocycles. The molecule has 1 N–H and O–H groups in total. The minimum Gasteiger partial charge on any atom is -0.462 e. The number of phosphoric ester groups is 1. The van der Waals surface area contributed by atoms with Crippen LogP contribution in [-0.4, -0.2) is 74.9 Å². The Morgan fingerprint density at radius 3 is 1.37 bits per heavy atom.